The molecule has 0 spiro atoms. The van der Waals surface area contributed by atoms with Crippen LogP contribution < -0.4 is 11.1 Å². The maximum atomic E-state index is 11.6. The summed E-state index contributed by atoms with van der Waals surface area (Å²) in [4.78, 5) is 11.6. The monoisotopic (exact) mass is 248 g/mol. The highest BCUT2D eigenvalue weighted by atomic mass is 35.5. The highest BCUT2D eigenvalue weighted by Gasteiger charge is 2.45. The van der Waals surface area contributed by atoms with Crippen LogP contribution in [0.3, 0.4) is 0 Å². The van der Waals surface area contributed by atoms with Crippen LogP contribution in [0.15, 0.2) is 0 Å². The minimum Gasteiger partial charge on any atom is -0.354 e. The van der Waals surface area contributed by atoms with Gasteiger partial charge in [-0.1, -0.05) is 27.2 Å². The lowest BCUT2D eigenvalue weighted by molar-refractivity contribution is -0.122. The molecule has 3 N–H and O–H groups in total. The second kappa shape index (κ2) is 6.45. The van der Waals surface area contributed by atoms with Crippen LogP contribution in [0.5, 0.6) is 0 Å². The van der Waals surface area contributed by atoms with Crippen LogP contribution in [-0.4, -0.2) is 18.5 Å². The van der Waals surface area contributed by atoms with Gasteiger partial charge in [-0.3, -0.25) is 4.79 Å². The summed E-state index contributed by atoms with van der Waals surface area (Å²) < 4.78 is 0. The predicted octanol–water partition coefficient (Wildman–Crippen LogP) is 2.09. The number of rotatable bonds is 6. The van der Waals surface area contributed by atoms with Crippen LogP contribution in [-0.2, 0) is 4.79 Å². The van der Waals surface area contributed by atoms with E-state index in [1.165, 1.54) is 12.8 Å². The van der Waals surface area contributed by atoms with Crippen LogP contribution in [0.2, 0.25) is 0 Å². The fraction of sp³-hybridized carbons (Fsp3) is 0.917. The zero-order valence-electron chi connectivity index (χ0n) is 10.6. The van der Waals surface area contributed by atoms with Gasteiger partial charge < -0.3 is 11.1 Å². The van der Waals surface area contributed by atoms with Crippen LogP contribution in [0.4, 0.5) is 0 Å². The number of halogens is 1. The summed E-state index contributed by atoms with van der Waals surface area (Å²) in [6, 6.07) is -0.321. The minimum absolute atomic E-state index is 0. The predicted molar refractivity (Wildman–Crippen MR) is 69.6 cm³/mol. The van der Waals surface area contributed by atoms with E-state index in [0.717, 1.165) is 19.4 Å². The third-order valence-electron chi connectivity index (χ3n) is 3.67. The third-order valence-corrected chi connectivity index (χ3v) is 3.67. The van der Waals surface area contributed by atoms with Crippen molar-refractivity contribution in [2.24, 2.45) is 17.1 Å². The Hall–Kier alpha value is -0.280. The van der Waals surface area contributed by atoms with Gasteiger partial charge in [0.05, 0.1) is 6.04 Å². The molecule has 3 nitrogen and oxygen atoms in total. The minimum atomic E-state index is -0.321. The first-order valence-corrected chi connectivity index (χ1v) is 6.05. The Morgan fingerprint density at radius 1 is 1.44 bits per heavy atom. The van der Waals surface area contributed by atoms with E-state index in [4.69, 9.17) is 5.73 Å². The molecule has 1 fully saturated rings. The van der Waals surface area contributed by atoms with Crippen LogP contribution in [0.25, 0.3) is 0 Å². The van der Waals surface area contributed by atoms with Gasteiger partial charge in [0, 0.05) is 6.54 Å². The first kappa shape index (κ1) is 15.7. The molecule has 1 saturated carbocycles. The normalized spacial score (nSPS) is 18.8. The Labute approximate surface area is 105 Å². The average Bonchev–Trinajstić information content (AvgIpc) is 2.95. The molecule has 1 aliphatic rings. The Bertz CT molecular complexity index is 227. The third kappa shape index (κ3) is 3.95. The standard InChI is InChI=1S/C12H24N2O.ClH/c1-4-5-10(13)11(15)14-8-12(6-7-12)9(2)3;/h9-10H,4-8,13H2,1-3H3,(H,14,15);1H. The molecule has 0 bridgehead atoms. The van der Waals surface area contributed by atoms with Crippen LogP contribution >= 0.6 is 12.4 Å². The molecule has 1 aliphatic carbocycles. The van der Waals surface area contributed by atoms with Crippen molar-refractivity contribution in [1.29, 1.82) is 0 Å². The van der Waals surface area contributed by atoms with Crippen molar-refractivity contribution in [1.82, 2.24) is 5.32 Å². The molecular formula is C12H25ClN2O. The summed E-state index contributed by atoms with van der Waals surface area (Å²) in [6.07, 6.45) is 4.23. The Balaban J connectivity index is 0.00000225. The number of nitrogens with two attached hydrogens (primary N) is 1. The highest BCUT2D eigenvalue weighted by Crippen LogP contribution is 2.51. The molecular weight excluding hydrogens is 224 g/mol. The lowest BCUT2D eigenvalue weighted by Gasteiger charge is -2.21. The number of amides is 1. The van der Waals surface area contributed by atoms with E-state index in [9.17, 15) is 4.79 Å². The molecule has 0 aliphatic heterocycles. The van der Waals surface area contributed by atoms with Crippen molar-refractivity contribution in [3.05, 3.63) is 0 Å². The Kier molecular flexibility index (Phi) is 6.34. The molecule has 0 aromatic rings. The lowest BCUT2D eigenvalue weighted by atomic mass is 9.92. The molecule has 16 heavy (non-hydrogen) atoms. The van der Waals surface area contributed by atoms with Gasteiger partial charge >= 0.3 is 0 Å². The van der Waals surface area contributed by atoms with Gasteiger partial charge in [0.2, 0.25) is 5.91 Å². The van der Waals surface area contributed by atoms with Gasteiger partial charge in [0.25, 0.3) is 0 Å². The van der Waals surface area contributed by atoms with Gasteiger partial charge in [-0.25, -0.2) is 0 Å². The maximum absolute atomic E-state index is 11.6. The molecule has 4 heteroatoms. The van der Waals surface area contributed by atoms with E-state index in [1.54, 1.807) is 0 Å². The van der Waals surface area contributed by atoms with E-state index in [0.29, 0.717) is 11.3 Å². The summed E-state index contributed by atoms with van der Waals surface area (Å²) in [5.74, 6) is 0.670. The van der Waals surface area contributed by atoms with Gasteiger partial charge in [0.15, 0.2) is 0 Å². The zero-order chi connectivity index (χ0) is 11.5. The molecule has 0 radical (unpaired) electrons. The molecule has 0 aromatic heterocycles. The summed E-state index contributed by atoms with van der Waals surface area (Å²) in [5, 5.41) is 2.99. The van der Waals surface area contributed by atoms with Crippen LogP contribution in [0, 0.1) is 11.3 Å². The van der Waals surface area contributed by atoms with Crippen molar-refractivity contribution < 1.29 is 4.79 Å². The molecule has 1 atom stereocenters. The van der Waals surface area contributed by atoms with Crippen molar-refractivity contribution in [3.63, 3.8) is 0 Å². The molecule has 1 amide bonds. The van der Waals surface area contributed by atoms with Gasteiger partial charge in [-0.2, -0.15) is 0 Å². The van der Waals surface area contributed by atoms with Crippen LogP contribution in [0.1, 0.15) is 46.5 Å². The van der Waals surface area contributed by atoms with Crippen molar-refractivity contribution in [2.45, 2.75) is 52.5 Å². The topological polar surface area (TPSA) is 55.1 Å². The van der Waals surface area contributed by atoms with Gasteiger partial charge in [-0.15, -0.1) is 12.4 Å². The van der Waals surface area contributed by atoms with E-state index in [-0.39, 0.29) is 24.4 Å². The van der Waals surface area contributed by atoms with E-state index < -0.39 is 0 Å². The summed E-state index contributed by atoms with van der Waals surface area (Å²) in [5.41, 5.74) is 6.12. The van der Waals surface area contributed by atoms with E-state index in [1.807, 2.05) is 6.92 Å². The molecule has 1 rings (SSSR count). The van der Waals surface area contributed by atoms with E-state index in [2.05, 4.69) is 19.2 Å². The number of nitrogens with one attached hydrogen (secondary N) is 1. The zero-order valence-corrected chi connectivity index (χ0v) is 11.4. The second-order valence-corrected chi connectivity index (χ2v) is 5.13. The maximum Gasteiger partial charge on any atom is 0.236 e. The average molecular weight is 249 g/mol. The lowest BCUT2D eigenvalue weighted by Crippen LogP contribution is -2.43. The number of carbonyl (C=O) groups is 1. The van der Waals surface area contributed by atoms with Crippen molar-refractivity contribution in [2.75, 3.05) is 6.54 Å². The largest absolute Gasteiger partial charge is 0.354 e. The first-order valence-electron chi connectivity index (χ1n) is 6.05. The molecule has 1 unspecified atom stereocenters. The van der Waals surface area contributed by atoms with Gasteiger partial charge in [-0.05, 0) is 30.6 Å². The number of carbonyl (C=O) groups excluding carboxylic acids is 1. The Morgan fingerprint density at radius 2 is 2.00 bits per heavy atom. The molecule has 96 valence electrons. The summed E-state index contributed by atoms with van der Waals surface area (Å²) >= 11 is 0. The van der Waals surface area contributed by atoms with Crippen molar-refractivity contribution >= 4 is 18.3 Å². The first-order chi connectivity index (χ1) is 7.02. The summed E-state index contributed by atoms with van der Waals surface area (Å²) in [6.45, 7) is 7.31. The molecule has 0 saturated heterocycles. The fourth-order valence-electron chi connectivity index (χ4n) is 1.96. The van der Waals surface area contributed by atoms with Gasteiger partial charge in [0.1, 0.15) is 0 Å². The number of hydrogen-bond acceptors (Lipinski definition) is 2. The van der Waals surface area contributed by atoms with Crippen molar-refractivity contribution in [3.8, 4) is 0 Å². The second-order valence-electron chi connectivity index (χ2n) is 5.13. The quantitative estimate of drug-likeness (QED) is 0.756. The molecule has 0 heterocycles. The van der Waals surface area contributed by atoms with E-state index >= 15 is 0 Å². The SMILES string of the molecule is CCCC(N)C(=O)NCC1(C(C)C)CC1.Cl. The Morgan fingerprint density at radius 3 is 2.38 bits per heavy atom. The molecule has 0 aromatic carbocycles. The fourth-order valence-corrected chi connectivity index (χ4v) is 1.96. The smallest absolute Gasteiger partial charge is 0.236 e. The number of hydrogen-bond donors (Lipinski definition) is 2. The highest BCUT2D eigenvalue weighted by molar-refractivity contribution is 5.85. The summed E-state index contributed by atoms with van der Waals surface area (Å²) in [7, 11) is 0.